The van der Waals surface area contributed by atoms with Gasteiger partial charge in [0.2, 0.25) is 29.5 Å². The monoisotopic (exact) mass is 537 g/mol. The number of carboxylic acid groups (broad SMARTS) is 1. The van der Waals surface area contributed by atoms with Gasteiger partial charge in [-0.3, -0.25) is 24.0 Å². The quantitative estimate of drug-likeness (QED) is 0.0891. The number of phenolic OH excluding ortho intramolecular Hbond substituents is 1. The molecular weight excluding hydrogens is 502 g/mol. The van der Waals surface area contributed by atoms with Gasteiger partial charge in [-0.15, -0.1) is 0 Å². The summed E-state index contributed by atoms with van der Waals surface area (Å²) in [6.45, 7) is 0.343. The van der Waals surface area contributed by atoms with Crippen LogP contribution in [0.1, 0.15) is 37.7 Å². The van der Waals surface area contributed by atoms with Gasteiger partial charge in [-0.25, -0.2) is 4.79 Å². The smallest absolute Gasteiger partial charge is 0.326 e. The number of benzene rings is 1. The fraction of sp³-hybridized carbons (Fsp3) is 0.478. The van der Waals surface area contributed by atoms with Gasteiger partial charge in [0.25, 0.3) is 0 Å². The average molecular weight is 538 g/mol. The van der Waals surface area contributed by atoms with Crippen LogP contribution in [0.25, 0.3) is 0 Å². The molecule has 0 aliphatic carbocycles. The van der Waals surface area contributed by atoms with Gasteiger partial charge in [-0.1, -0.05) is 12.1 Å². The van der Waals surface area contributed by atoms with Crippen molar-refractivity contribution >= 4 is 35.5 Å². The van der Waals surface area contributed by atoms with Crippen molar-refractivity contribution in [1.82, 2.24) is 16.0 Å². The lowest BCUT2D eigenvalue weighted by atomic mass is 10.0. The number of aromatic hydroxyl groups is 1. The van der Waals surface area contributed by atoms with Crippen LogP contribution in [0.15, 0.2) is 24.3 Å². The van der Waals surface area contributed by atoms with E-state index in [4.69, 9.17) is 22.9 Å². The summed E-state index contributed by atoms with van der Waals surface area (Å²) in [4.78, 5) is 72.7. The molecule has 15 nitrogen and oxygen atoms in total. The van der Waals surface area contributed by atoms with E-state index in [2.05, 4.69) is 16.0 Å². The minimum absolute atomic E-state index is 0.0406. The molecule has 1 aromatic carbocycles. The summed E-state index contributed by atoms with van der Waals surface area (Å²) in [6.07, 6.45) is -0.253. The number of hydrogen-bond donors (Lipinski definition) is 9. The van der Waals surface area contributed by atoms with E-state index in [9.17, 15) is 39.0 Å². The number of carboxylic acids is 1. The van der Waals surface area contributed by atoms with Crippen molar-refractivity contribution in [2.75, 3.05) is 6.54 Å². The molecular formula is C23H35N7O8. The maximum absolute atomic E-state index is 13.1. The molecule has 0 aromatic heterocycles. The van der Waals surface area contributed by atoms with Gasteiger partial charge in [-0.2, -0.15) is 0 Å². The molecule has 15 heteroatoms. The molecule has 0 aliphatic rings. The van der Waals surface area contributed by atoms with Crippen LogP contribution in [0.4, 0.5) is 0 Å². The highest BCUT2D eigenvalue weighted by atomic mass is 16.4. The van der Waals surface area contributed by atoms with Crippen LogP contribution in [0, 0.1) is 0 Å². The fourth-order valence-electron chi connectivity index (χ4n) is 3.37. The van der Waals surface area contributed by atoms with Gasteiger partial charge < -0.3 is 49.1 Å². The van der Waals surface area contributed by atoms with Gasteiger partial charge in [-0.05, 0) is 43.5 Å². The third-order valence-electron chi connectivity index (χ3n) is 5.37. The highest BCUT2D eigenvalue weighted by Gasteiger charge is 2.31. The Hall–Kier alpha value is -4.24. The predicted octanol–water partition coefficient (Wildman–Crippen LogP) is -3.32. The first-order valence-electron chi connectivity index (χ1n) is 11.8. The molecule has 1 rings (SSSR count). The molecule has 38 heavy (non-hydrogen) atoms. The maximum Gasteiger partial charge on any atom is 0.326 e. The molecule has 0 spiro atoms. The van der Waals surface area contributed by atoms with Crippen molar-refractivity contribution in [3.8, 4) is 5.75 Å². The third-order valence-corrected chi connectivity index (χ3v) is 5.37. The lowest BCUT2D eigenvalue weighted by Crippen LogP contribution is -2.58. The number of amides is 5. The number of nitrogens with two attached hydrogens (primary N) is 4. The summed E-state index contributed by atoms with van der Waals surface area (Å²) < 4.78 is 0. The SMILES string of the molecule is NCCCCC(NC(=O)C(Cc1ccc(O)cc1)NC(=O)C(CC(N)=O)NC(=O)C(N)CC(N)=O)C(=O)O. The number of aliphatic carboxylic acids is 1. The second-order valence-corrected chi connectivity index (χ2v) is 8.62. The van der Waals surface area contributed by atoms with Crippen LogP contribution in [-0.2, 0) is 35.2 Å². The molecule has 210 valence electrons. The first kappa shape index (κ1) is 31.8. The Balaban J connectivity index is 3.15. The Bertz CT molecular complexity index is 1000. The Labute approximate surface area is 218 Å². The molecule has 0 saturated carbocycles. The number of carbonyl (C=O) groups excluding carboxylic acids is 5. The predicted molar refractivity (Wildman–Crippen MR) is 134 cm³/mol. The van der Waals surface area contributed by atoms with Crippen LogP contribution in [0.2, 0.25) is 0 Å². The molecule has 0 bridgehead atoms. The van der Waals surface area contributed by atoms with E-state index in [1.807, 2.05) is 0 Å². The molecule has 0 heterocycles. The first-order valence-corrected chi connectivity index (χ1v) is 11.8. The zero-order valence-corrected chi connectivity index (χ0v) is 20.7. The highest BCUT2D eigenvalue weighted by molar-refractivity contribution is 5.97. The van der Waals surface area contributed by atoms with Gasteiger partial charge in [0, 0.05) is 6.42 Å². The number of hydrogen-bond acceptors (Lipinski definition) is 9. The maximum atomic E-state index is 13.1. The molecule has 0 saturated heterocycles. The van der Waals surface area contributed by atoms with E-state index in [0.717, 1.165) is 0 Å². The Morgan fingerprint density at radius 2 is 1.29 bits per heavy atom. The number of phenols is 1. The molecule has 1 aromatic rings. The Kier molecular flexibility index (Phi) is 13.2. The summed E-state index contributed by atoms with van der Waals surface area (Å²) in [5.74, 6) is -5.95. The number of rotatable bonds is 17. The van der Waals surface area contributed by atoms with Crippen LogP contribution in [0.5, 0.6) is 5.75 Å². The third kappa shape index (κ3) is 11.7. The van der Waals surface area contributed by atoms with Crippen molar-refractivity contribution < 1.29 is 39.0 Å². The van der Waals surface area contributed by atoms with Crippen molar-refractivity contribution in [3.63, 3.8) is 0 Å². The van der Waals surface area contributed by atoms with E-state index in [1.54, 1.807) is 0 Å². The van der Waals surface area contributed by atoms with Crippen molar-refractivity contribution in [3.05, 3.63) is 29.8 Å². The molecule has 0 fully saturated rings. The summed E-state index contributed by atoms with van der Waals surface area (Å²) >= 11 is 0. The molecule has 0 aliphatic heterocycles. The standard InChI is InChI=1S/C23H35N7O8/c24-8-2-1-3-15(23(37)38)28-21(35)16(9-12-4-6-13(31)7-5-12)30-22(36)17(11-19(27)33)29-20(34)14(25)10-18(26)32/h4-7,14-17,31H,1-3,8-11,24-25H2,(H2,26,32)(H2,27,33)(H,28,35)(H,29,34)(H,30,36)(H,37,38). The molecule has 0 radical (unpaired) electrons. The molecule has 4 unspecified atom stereocenters. The second-order valence-electron chi connectivity index (χ2n) is 8.62. The number of primary amides is 2. The zero-order valence-electron chi connectivity index (χ0n) is 20.7. The average Bonchev–Trinajstić information content (AvgIpc) is 2.82. The lowest BCUT2D eigenvalue weighted by Gasteiger charge is -2.25. The second kappa shape index (κ2) is 15.8. The lowest BCUT2D eigenvalue weighted by molar-refractivity contribution is -0.142. The summed E-state index contributed by atoms with van der Waals surface area (Å²) in [5.41, 5.74) is 21.7. The summed E-state index contributed by atoms with van der Waals surface area (Å²) in [6, 6.07) is 0.110. The van der Waals surface area contributed by atoms with Gasteiger partial charge in [0.05, 0.1) is 18.9 Å². The van der Waals surface area contributed by atoms with Crippen LogP contribution in [0.3, 0.4) is 0 Å². The number of unbranched alkanes of at least 4 members (excludes halogenated alkanes) is 1. The van der Waals surface area contributed by atoms with Gasteiger partial charge >= 0.3 is 5.97 Å². The van der Waals surface area contributed by atoms with E-state index in [0.29, 0.717) is 24.9 Å². The first-order chi connectivity index (χ1) is 17.8. The van der Waals surface area contributed by atoms with Crippen LogP contribution in [-0.4, -0.2) is 76.4 Å². The Morgan fingerprint density at radius 1 is 0.763 bits per heavy atom. The number of nitrogens with one attached hydrogen (secondary N) is 3. The topological polar surface area (TPSA) is 283 Å². The molecule has 13 N–H and O–H groups in total. The summed E-state index contributed by atoms with van der Waals surface area (Å²) in [5, 5.41) is 26.0. The fourth-order valence-corrected chi connectivity index (χ4v) is 3.37. The van der Waals surface area contributed by atoms with E-state index >= 15 is 0 Å². The zero-order chi connectivity index (χ0) is 28.8. The van der Waals surface area contributed by atoms with E-state index < -0.39 is 72.5 Å². The van der Waals surface area contributed by atoms with Gasteiger partial charge in [0.15, 0.2) is 0 Å². The number of carbonyl (C=O) groups is 6. The van der Waals surface area contributed by atoms with E-state index in [1.165, 1.54) is 24.3 Å². The molecule has 5 amide bonds. The van der Waals surface area contributed by atoms with Crippen molar-refractivity contribution in [1.29, 1.82) is 0 Å². The molecule has 4 atom stereocenters. The highest BCUT2D eigenvalue weighted by Crippen LogP contribution is 2.12. The minimum Gasteiger partial charge on any atom is -0.508 e. The van der Waals surface area contributed by atoms with Crippen molar-refractivity contribution in [2.24, 2.45) is 22.9 Å². The largest absolute Gasteiger partial charge is 0.508 e. The van der Waals surface area contributed by atoms with Crippen LogP contribution >= 0.6 is 0 Å². The normalized spacial score (nSPS) is 13.8. The Morgan fingerprint density at radius 3 is 1.82 bits per heavy atom. The minimum atomic E-state index is -1.56. The van der Waals surface area contributed by atoms with Crippen molar-refractivity contribution in [2.45, 2.75) is 62.7 Å². The summed E-state index contributed by atoms with van der Waals surface area (Å²) in [7, 11) is 0. The van der Waals surface area contributed by atoms with Gasteiger partial charge in [0.1, 0.15) is 23.9 Å². The van der Waals surface area contributed by atoms with Crippen LogP contribution < -0.4 is 38.9 Å². The van der Waals surface area contributed by atoms with E-state index in [-0.39, 0.29) is 18.6 Å².